The SMILES string of the molecule is CC(Cc1c(F)cccc1F)c1cn(Cc2ccccc2)nn1. The topological polar surface area (TPSA) is 30.7 Å². The van der Waals surface area contributed by atoms with Crippen molar-refractivity contribution in [1.82, 2.24) is 15.0 Å². The van der Waals surface area contributed by atoms with Crippen molar-refractivity contribution in [3.05, 3.63) is 83.2 Å². The minimum Gasteiger partial charge on any atom is -0.248 e. The van der Waals surface area contributed by atoms with E-state index in [1.807, 2.05) is 43.5 Å². The van der Waals surface area contributed by atoms with Gasteiger partial charge in [0.25, 0.3) is 0 Å². The Balaban J connectivity index is 1.72. The van der Waals surface area contributed by atoms with E-state index in [1.54, 1.807) is 4.68 Å². The van der Waals surface area contributed by atoms with Crippen LogP contribution in [0, 0.1) is 11.6 Å². The first kappa shape index (κ1) is 15.3. The Bertz CT molecular complexity index is 764. The molecule has 2 aromatic carbocycles. The van der Waals surface area contributed by atoms with Gasteiger partial charge in [-0.05, 0) is 24.1 Å². The molecule has 3 rings (SSSR count). The minimum absolute atomic E-state index is 0.0950. The second-order valence-electron chi connectivity index (χ2n) is 5.63. The smallest absolute Gasteiger partial charge is 0.129 e. The fourth-order valence-corrected chi connectivity index (χ4v) is 2.53. The van der Waals surface area contributed by atoms with Crippen molar-refractivity contribution in [3.8, 4) is 0 Å². The summed E-state index contributed by atoms with van der Waals surface area (Å²) in [5.74, 6) is -1.16. The fourth-order valence-electron chi connectivity index (χ4n) is 2.53. The van der Waals surface area contributed by atoms with Crippen LogP contribution in [-0.4, -0.2) is 15.0 Å². The Morgan fingerprint density at radius 3 is 2.39 bits per heavy atom. The molecule has 0 saturated heterocycles. The number of nitrogens with zero attached hydrogens (tertiary/aromatic N) is 3. The van der Waals surface area contributed by atoms with E-state index in [0.29, 0.717) is 6.54 Å². The molecule has 0 fully saturated rings. The Kier molecular flexibility index (Phi) is 4.46. The van der Waals surface area contributed by atoms with Crippen molar-refractivity contribution >= 4 is 0 Å². The molecule has 5 heteroatoms. The molecular formula is C18H17F2N3. The molecule has 0 saturated carbocycles. The lowest BCUT2D eigenvalue weighted by atomic mass is 9.98. The van der Waals surface area contributed by atoms with E-state index in [4.69, 9.17) is 0 Å². The Labute approximate surface area is 133 Å². The molecule has 1 aromatic heterocycles. The molecule has 0 bridgehead atoms. The van der Waals surface area contributed by atoms with Crippen molar-refractivity contribution in [2.24, 2.45) is 0 Å². The highest BCUT2D eigenvalue weighted by Crippen LogP contribution is 2.22. The number of hydrogen-bond donors (Lipinski definition) is 0. The van der Waals surface area contributed by atoms with Crippen molar-refractivity contribution in [1.29, 1.82) is 0 Å². The van der Waals surface area contributed by atoms with Crippen LogP contribution in [-0.2, 0) is 13.0 Å². The van der Waals surface area contributed by atoms with Crippen LogP contribution in [0.5, 0.6) is 0 Å². The maximum Gasteiger partial charge on any atom is 0.129 e. The molecule has 1 atom stereocenters. The van der Waals surface area contributed by atoms with Crippen LogP contribution in [0.25, 0.3) is 0 Å². The van der Waals surface area contributed by atoms with Crippen LogP contribution in [0.15, 0.2) is 54.7 Å². The predicted octanol–water partition coefficient (Wildman–Crippen LogP) is 3.95. The van der Waals surface area contributed by atoms with E-state index in [9.17, 15) is 8.78 Å². The molecule has 0 N–H and O–H groups in total. The summed E-state index contributed by atoms with van der Waals surface area (Å²) in [4.78, 5) is 0. The highest BCUT2D eigenvalue weighted by molar-refractivity contribution is 5.22. The molecule has 118 valence electrons. The largest absolute Gasteiger partial charge is 0.248 e. The number of rotatable bonds is 5. The van der Waals surface area contributed by atoms with Gasteiger partial charge in [-0.25, -0.2) is 13.5 Å². The summed E-state index contributed by atoms with van der Waals surface area (Å²) < 4.78 is 29.2. The third-order valence-corrected chi connectivity index (χ3v) is 3.82. The molecule has 0 aliphatic heterocycles. The number of benzene rings is 2. The van der Waals surface area contributed by atoms with Crippen LogP contribution < -0.4 is 0 Å². The third-order valence-electron chi connectivity index (χ3n) is 3.82. The molecule has 23 heavy (non-hydrogen) atoms. The van der Waals surface area contributed by atoms with Crippen LogP contribution >= 0.6 is 0 Å². The number of aromatic nitrogens is 3. The van der Waals surface area contributed by atoms with E-state index < -0.39 is 11.6 Å². The van der Waals surface area contributed by atoms with Crippen molar-refractivity contribution in [2.75, 3.05) is 0 Å². The molecule has 0 aliphatic carbocycles. The first-order valence-electron chi connectivity index (χ1n) is 7.50. The molecule has 0 aliphatic rings. The lowest BCUT2D eigenvalue weighted by Gasteiger charge is -2.09. The van der Waals surface area contributed by atoms with Gasteiger partial charge in [0.2, 0.25) is 0 Å². The van der Waals surface area contributed by atoms with E-state index in [-0.39, 0.29) is 17.9 Å². The number of hydrogen-bond acceptors (Lipinski definition) is 2. The average Bonchev–Trinajstić information content (AvgIpc) is 3.00. The summed E-state index contributed by atoms with van der Waals surface area (Å²) in [7, 11) is 0. The second-order valence-corrected chi connectivity index (χ2v) is 5.63. The van der Waals surface area contributed by atoms with Gasteiger partial charge in [-0.3, -0.25) is 0 Å². The van der Waals surface area contributed by atoms with Gasteiger partial charge in [-0.15, -0.1) is 5.10 Å². The fraction of sp³-hybridized carbons (Fsp3) is 0.222. The quantitative estimate of drug-likeness (QED) is 0.714. The molecule has 3 nitrogen and oxygen atoms in total. The molecule has 3 aromatic rings. The summed E-state index contributed by atoms with van der Waals surface area (Å²) >= 11 is 0. The highest BCUT2D eigenvalue weighted by atomic mass is 19.1. The molecule has 0 amide bonds. The van der Waals surface area contributed by atoms with E-state index >= 15 is 0 Å². The Morgan fingerprint density at radius 1 is 1.00 bits per heavy atom. The predicted molar refractivity (Wildman–Crippen MR) is 84.0 cm³/mol. The Hall–Kier alpha value is -2.56. The van der Waals surface area contributed by atoms with Gasteiger partial charge in [0.15, 0.2) is 0 Å². The van der Waals surface area contributed by atoms with Gasteiger partial charge in [0.1, 0.15) is 11.6 Å². The summed E-state index contributed by atoms with van der Waals surface area (Å²) in [5, 5.41) is 8.23. The van der Waals surface area contributed by atoms with E-state index in [2.05, 4.69) is 10.3 Å². The molecular weight excluding hydrogens is 296 g/mol. The molecule has 0 spiro atoms. The van der Waals surface area contributed by atoms with Gasteiger partial charge in [0, 0.05) is 17.7 Å². The first-order valence-corrected chi connectivity index (χ1v) is 7.50. The summed E-state index contributed by atoms with van der Waals surface area (Å²) in [6.07, 6.45) is 2.08. The third kappa shape index (κ3) is 3.62. The molecule has 0 radical (unpaired) electrons. The summed E-state index contributed by atoms with van der Waals surface area (Å²) in [6.45, 7) is 2.51. The van der Waals surface area contributed by atoms with Gasteiger partial charge in [-0.2, -0.15) is 0 Å². The van der Waals surface area contributed by atoms with Crippen LogP contribution in [0.1, 0.15) is 29.7 Å². The van der Waals surface area contributed by atoms with Gasteiger partial charge < -0.3 is 0 Å². The zero-order chi connectivity index (χ0) is 16.2. The Morgan fingerprint density at radius 2 is 1.70 bits per heavy atom. The summed E-state index contributed by atoms with van der Waals surface area (Å²) in [6, 6.07) is 13.8. The normalized spacial score (nSPS) is 12.3. The van der Waals surface area contributed by atoms with Crippen LogP contribution in [0.2, 0.25) is 0 Å². The standard InChI is InChI=1S/C18H17F2N3/c1-13(10-15-16(19)8-5-9-17(15)20)18-12-23(22-21-18)11-14-6-3-2-4-7-14/h2-9,12-13H,10-11H2,1H3. The van der Waals surface area contributed by atoms with Gasteiger partial charge in [0.05, 0.1) is 12.2 Å². The number of halogens is 2. The zero-order valence-corrected chi connectivity index (χ0v) is 12.8. The maximum absolute atomic E-state index is 13.7. The van der Waals surface area contributed by atoms with Crippen molar-refractivity contribution in [3.63, 3.8) is 0 Å². The molecule has 1 heterocycles. The maximum atomic E-state index is 13.7. The minimum atomic E-state index is -0.520. The van der Waals surface area contributed by atoms with Gasteiger partial charge >= 0.3 is 0 Å². The lowest BCUT2D eigenvalue weighted by Crippen LogP contribution is -2.04. The van der Waals surface area contributed by atoms with Crippen molar-refractivity contribution in [2.45, 2.75) is 25.8 Å². The summed E-state index contributed by atoms with van der Waals surface area (Å²) in [5.41, 5.74) is 1.94. The lowest BCUT2D eigenvalue weighted by molar-refractivity contribution is 0.541. The van der Waals surface area contributed by atoms with E-state index in [0.717, 1.165) is 11.3 Å². The first-order chi connectivity index (χ1) is 11.1. The van der Waals surface area contributed by atoms with Gasteiger partial charge in [-0.1, -0.05) is 48.5 Å². The second kappa shape index (κ2) is 6.69. The molecule has 1 unspecified atom stereocenters. The van der Waals surface area contributed by atoms with Crippen LogP contribution in [0.4, 0.5) is 8.78 Å². The van der Waals surface area contributed by atoms with E-state index in [1.165, 1.54) is 18.2 Å². The highest BCUT2D eigenvalue weighted by Gasteiger charge is 2.16. The van der Waals surface area contributed by atoms with Crippen LogP contribution in [0.3, 0.4) is 0 Å². The zero-order valence-electron chi connectivity index (χ0n) is 12.8. The van der Waals surface area contributed by atoms with Crippen molar-refractivity contribution < 1.29 is 8.78 Å². The average molecular weight is 313 g/mol. The monoisotopic (exact) mass is 313 g/mol.